The van der Waals surface area contributed by atoms with E-state index in [0.717, 1.165) is 22.6 Å². The van der Waals surface area contributed by atoms with Crippen molar-refractivity contribution in [3.05, 3.63) is 29.2 Å². The van der Waals surface area contributed by atoms with Gasteiger partial charge in [-0.15, -0.1) is 0 Å². The second kappa shape index (κ2) is 6.34. The van der Waals surface area contributed by atoms with Gasteiger partial charge in [-0.2, -0.15) is 16.9 Å². The highest BCUT2D eigenvalue weighted by Gasteiger charge is 2.21. The summed E-state index contributed by atoms with van der Waals surface area (Å²) in [7, 11) is 0. The molecule has 21 heavy (non-hydrogen) atoms. The van der Waals surface area contributed by atoms with Gasteiger partial charge in [0.1, 0.15) is 0 Å². The highest BCUT2D eigenvalue weighted by molar-refractivity contribution is 7.98. The van der Waals surface area contributed by atoms with Crippen LogP contribution in [-0.2, 0) is 0 Å². The summed E-state index contributed by atoms with van der Waals surface area (Å²) in [5, 5.41) is 18.1. The minimum Gasteiger partial charge on any atom is -0.388 e. The zero-order valence-electron chi connectivity index (χ0n) is 13.3. The van der Waals surface area contributed by atoms with Crippen molar-refractivity contribution in [3.63, 3.8) is 0 Å². The third-order valence-corrected chi connectivity index (χ3v) is 4.51. The summed E-state index contributed by atoms with van der Waals surface area (Å²) >= 11 is 1.65. The number of hydrogen-bond donors (Lipinski definition) is 2. The van der Waals surface area contributed by atoms with Crippen LogP contribution in [0.2, 0.25) is 0 Å². The van der Waals surface area contributed by atoms with E-state index in [1.54, 1.807) is 11.8 Å². The molecule has 0 saturated heterocycles. The summed E-state index contributed by atoms with van der Waals surface area (Å²) < 4.78 is 1.88. The third-order valence-electron chi connectivity index (χ3n) is 3.59. The minimum atomic E-state index is -0.707. The fourth-order valence-electron chi connectivity index (χ4n) is 2.45. The first-order chi connectivity index (χ1) is 9.84. The number of aliphatic hydroxyl groups is 1. The van der Waals surface area contributed by atoms with E-state index in [1.165, 1.54) is 0 Å². The van der Waals surface area contributed by atoms with Crippen molar-refractivity contribution in [2.75, 3.05) is 18.6 Å². The van der Waals surface area contributed by atoms with Gasteiger partial charge in [-0.3, -0.25) is 0 Å². The predicted molar refractivity (Wildman–Crippen MR) is 87.9 cm³/mol. The number of fused-ring (bicyclic) bond motifs is 1. The molecule has 2 atom stereocenters. The maximum absolute atomic E-state index is 10.2. The number of nitrogens with zero attached hydrogens (tertiary/aromatic N) is 3. The Balaban J connectivity index is 2.16. The summed E-state index contributed by atoms with van der Waals surface area (Å²) in [4.78, 5) is 4.46. The molecule has 0 spiro atoms. The maximum atomic E-state index is 10.2. The van der Waals surface area contributed by atoms with E-state index in [2.05, 4.69) is 29.2 Å². The SMILES string of the molecule is CSCC(C)(O)CNC(C)c1cnc2cc(C)nn2c1C. The van der Waals surface area contributed by atoms with Gasteiger partial charge in [-0.05, 0) is 34.0 Å². The Morgan fingerprint density at radius 2 is 2.19 bits per heavy atom. The summed E-state index contributed by atoms with van der Waals surface area (Å²) in [6.45, 7) is 8.50. The van der Waals surface area contributed by atoms with Gasteiger partial charge in [0, 0.05) is 41.9 Å². The first-order valence-electron chi connectivity index (χ1n) is 7.10. The minimum absolute atomic E-state index is 0.111. The number of aryl methyl sites for hydroxylation is 2. The van der Waals surface area contributed by atoms with E-state index >= 15 is 0 Å². The lowest BCUT2D eigenvalue weighted by Crippen LogP contribution is -2.41. The Kier molecular flexibility index (Phi) is 4.91. The van der Waals surface area contributed by atoms with Gasteiger partial charge in [-0.25, -0.2) is 9.50 Å². The van der Waals surface area contributed by atoms with Crippen LogP contribution in [0.25, 0.3) is 5.65 Å². The number of hydrogen-bond acceptors (Lipinski definition) is 5. The second-order valence-corrected chi connectivity index (χ2v) is 6.75. The predicted octanol–water partition coefficient (Wildman–Crippen LogP) is 2.11. The zero-order chi connectivity index (χ0) is 15.6. The van der Waals surface area contributed by atoms with Crippen molar-refractivity contribution in [2.45, 2.75) is 39.3 Å². The molecule has 2 N–H and O–H groups in total. The van der Waals surface area contributed by atoms with Gasteiger partial charge in [0.05, 0.1) is 11.3 Å². The Morgan fingerprint density at radius 3 is 2.86 bits per heavy atom. The maximum Gasteiger partial charge on any atom is 0.155 e. The Hall–Kier alpha value is -1.11. The molecule has 0 aliphatic carbocycles. The lowest BCUT2D eigenvalue weighted by Gasteiger charge is -2.25. The fraction of sp³-hybridized carbons (Fsp3) is 0.600. The van der Waals surface area contributed by atoms with Crippen LogP contribution in [-0.4, -0.2) is 43.9 Å². The highest BCUT2D eigenvalue weighted by Crippen LogP contribution is 2.19. The third kappa shape index (κ3) is 3.75. The molecule has 0 aromatic carbocycles. The average Bonchev–Trinajstić information content (AvgIpc) is 2.78. The second-order valence-electron chi connectivity index (χ2n) is 5.89. The zero-order valence-corrected chi connectivity index (χ0v) is 14.2. The van der Waals surface area contributed by atoms with Crippen LogP contribution in [0.3, 0.4) is 0 Å². The molecule has 2 aromatic heterocycles. The van der Waals surface area contributed by atoms with Gasteiger partial charge in [0.2, 0.25) is 0 Å². The molecule has 0 aliphatic rings. The van der Waals surface area contributed by atoms with E-state index in [-0.39, 0.29) is 6.04 Å². The average molecular weight is 308 g/mol. The lowest BCUT2D eigenvalue weighted by atomic mass is 10.1. The first-order valence-corrected chi connectivity index (χ1v) is 8.50. The molecule has 0 fully saturated rings. The monoisotopic (exact) mass is 308 g/mol. The van der Waals surface area contributed by atoms with E-state index in [0.29, 0.717) is 12.3 Å². The van der Waals surface area contributed by atoms with Gasteiger partial charge < -0.3 is 10.4 Å². The van der Waals surface area contributed by atoms with E-state index < -0.39 is 5.60 Å². The largest absolute Gasteiger partial charge is 0.388 e. The Bertz CT molecular complexity index is 623. The molecule has 0 bridgehead atoms. The van der Waals surface area contributed by atoms with E-state index in [4.69, 9.17) is 0 Å². The van der Waals surface area contributed by atoms with Crippen LogP contribution in [0.5, 0.6) is 0 Å². The standard InChI is InChI=1S/C15H24N4OS/c1-10-6-14-16-7-13(12(3)19(14)18-10)11(2)17-8-15(4,20)9-21-5/h6-7,11,17,20H,8-9H2,1-5H3. The summed E-state index contributed by atoms with van der Waals surface area (Å²) in [5.41, 5.74) is 3.31. The molecule has 0 saturated carbocycles. The molecule has 6 heteroatoms. The van der Waals surface area contributed by atoms with Gasteiger partial charge in [0.15, 0.2) is 5.65 Å². The normalized spacial score (nSPS) is 16.1. The van der Waals surface area contributed by atoms with Gasteiger partial charge in [0.25, 0.3) is 0 Å². The Labute approximate surface area is 130 Å². The van der Waals surface area contributed by atoms with Crippen molar-refractivity contribution in [3.8, 4) is 0 Å². The van der Waals surface area contributed by atoms with Gasteiger partial charge >= 0.3 is 0 Å². The molecule has 2 rings (SSSR count). The molecule has 0 amide bonds. The van der Waals surface area contributed by atoms with Crippen molar-refractivity contribution in [2.24, 2.45) is 0 Å². The van der Waals surface area contributed by atoms with Crippen LogP contribution in [0, 0.1) is 13.8 Å². The van der Waals surface area contributed by atoms with Crippen molar-refractivity contribution in [1.82, 2.24) is 19.9 Å². The number of thioether (sulfide) groups is 1. The smallest absolute Gasteiger partial charge is 0.155 e. The molecular formula is C15H24N4OS. The summed E-state index contributed by atoms with van der Waals surface area (Å²) in [6.07, 6.45) is 3.90. The molecule has 2 unspecified atom stereocenters. The van der Waals surface area contributed by atoms with Crippen molar-refractivity contribution < 1.29 is 5.11 Å². The summed E-state index contributed by atoms with van der Waals surface area (Å²) in [5.74, 6) is 0.710. The van der Waals surface area contributed by atoms with E-state index in [1.807, 2.05) is 36.9 Å². The van der Waals surface area contributed by atoms with Crippen molar-refractivity contribution >= 4 is 17.4 Å². The number of rotatable bonds is 6. The van der Waals surface area contributed by atoms with Crippen LogP contribution in [0.4, 0.5) is 0 Å². The fourth-order valence-corrected chi connectivity index (χ4v) is 3.17. The first kappa shape index (κ1) is 16.3. The topological polar surface area (TPSA) is 62.5 Å². The molecule has 2 aromatic rings. The number of nitrogens with one attached hydrogen (secondary N) is 1. The molecular weight excluding hydrogens is 284 g/mol. The quantitative estimate of drug-likeness (QED) is 0.856. The molecule has 0 aliphatic heterocycles. The van der Waals surface area contributed by atoms with Crippen LogP contribution in [0.15, 0.2) is 12.3 Å². The highest BCUT2D eigenvalue weighted by atomic mass is 32.2. The van der Waals surface area contributed by atoms with Gasteiger partial charge in [-0.1, -0.05) is 0 Å². The van der Waals surface area contributed by atoms with Crippen LogP contribution >= 0.6 is 11.8 Å². The molecule has 2 heterocycles. The number of aromatic nitrogens is 3. The van der Waals surface area contributed by atoms with Crippen LogP contribution in [0.1, 0.15) is 36.8 Å². The van der Waals surface area contributed by atoms with Crippen molar-refractivity contribution in [1.29, 1.82) is 0 Å². The molecule has 116 valence electrons. The lowest BCUT2D eigenvalue weighted by molar-refractivity contribution is 0.0820. The Morgan fingerprint density at radius 1 is 1.48 bits per heavy atom. The van der Waals surface area contributed by atoms with Crippen LogP contribution < -0.4 is 5.32 Å². The molecule has 0 radical (unpaired) electrons. The van der Waals surface area contributed by atoms with E-state index in [9.17, 15) is 5.11 Å². The summed E-state index contributed by atoms with van der Waals surface area (Å²) in [6, 6.07) is 2.08. The molecule has 5 nitrogen and oxygen atoms in total.